The van der Waals surface area contributed by atoms with Gasteiger partial charge in [0.15, 0.2) is 18.1 Å². The van der Waals surface area contributed by atoms with Gasteiger partial charge in [-0.15, -0.1) is 0 Å². The standard InChI is InChI=1S/C18H15BrFN5O4/c1-27-11-3-5-12(6-4-11)28-9-15(26)23-18-16(24-29-25-18)17(21)22-10-2-7-14(20)13(19)8-10/h2-8H,9H2,1H3,(H2,21,22)(H,23,25,26). The van der Waals surface area contributed by atoms with Crippen molar-refractivity contribution in [3.05, 3.63) is 58.4 Å². The fraction of sp³-hybridized carbons (Fsp3) is 0.111. The number of amides is 1. The van der Waals surface area contributed by atoms with Gasteiger partial charge in [-0.3, -0.25) is 4.79 Å². The van der Waals surface area contributed by atoms with Gasteiger partial charge < -0.3 is 20.5 Å². The summed E-state index contributed by atoms with van der Waals surface area (Å²) in [6.45, 7) is -0.277. The van der Waals surface area contributed by atoms with Gasteiger partial charge in [0.1, 0.15) is 17.3 Å². The molecule has 11 heteroatoms. The second-order valence-corrected chi connectivity index (χ2v) is 6.42. The number of hydrogen-bond acceptors (Lipinski definition) is 7. The van der Waals surface area contributed by atoms with E-state index in [0.717, 1.165) is 0 Å². The number of rotatable bonds is 7. The van der Waals surface area contributed by atoms with E-state index in [1.54, 1.807) is 31.4 Å². The summed E-state index contributed by atoms with van der Waals surface area (Å²) in [7, 11) is 1.55. The zero-order valence-electron chi connectivity index (χ0n) is 15.1. The lowest BCUT2D eigenvalue weighted by Crippen LogP contribution is -2.23. The minimum atomic E-state index is -0.505. The lowest BCUT2D eigenvalue weighted by Gasteiger charge is -2.07. The molecule has 150 valence electrons. The van der Waals surface area contributed by atoms with E-state index in [1.807, 2.05) is 0 Å². The molecule has 2 aromatic carbocycles. The van der Waals surface area contributed by atoms with Crippen molar-refractivity contribution >= 4 is 39.2 Å². The van der Waals surface area contributed by atoms with Gasteiger partial charge in [0.2, 0.25) is 5.82 Å². The van der Waals surface area contributed by atoms with Crippen molar-refractivity contribution in [1.82, 2.24) is 10.3 Å². The van der Waals surface area contributed by atoms with Crippen LogP contribution < -0.4 is 20.5 Å². The Labute approximate surface area is 172 Å². The molecule has 0 aliphatic carbocycles. The molecule has 3 N–H and O–H groups in total. The normalized spacial score (nSPS) is 11.2. The van der Waals surface area contributed by atoms with E-state index in [9.17, 15) is 9.18 Å². The van der Waals surface area contributed by atoms with E-state index in [0.29, 0.717) is 17.2 Å². The molecular weight excluding hydrogens is 449 g/mol. The van der Waals surface area contributed by atoms with Gasteiger partial charge in [0.05, 0.1) is 17.3 Å². The fourth-order valence-electron chi connectivity index (χ4n) is 2.17. The van der Waals surface area contributed by atoms with Crippen LogP contribution in [0.5, 0.6) is 11.5 Å². The third-order valence-corrected chi connectivity index (χ3v) is 4.18. The Morgan fingerprint density at radius 2 is 1.97 bits per heavy atom. The summed E-state index contributed by atoms with van der Waals surface area (Å²) in [6.07, 6.45) is 0. The summed E-state index contributed by atoms with van der Waals surface area (Å²) in [6, 6.07) is 10.9. The molecule has 0 saturated heterocycles. The Morgan fingerprint density at radius 1 is 1.24 bits per heavy atom. The first-order valence-electron chi connectivity index (χ1n) is 8.15. The number of halogens is 2. The van der Waals surface area contributed by atoms with Crippen molar-refractivity contribution in [2.75, 3.05) is 19.0 Å². The lowest BCUT2D eigenvalue weighted by atomic mass is 10.3. The number of hydrogen-bond donors (Lipinski definition) is 2. The SMILES string of the molecule is COc1ccc(OCC(=O)Nc2nonc2C(N)=Nc2ccc(F)c(Br)c2)cc1. The Morgan fingerprint density at radius 3 is 2.66 bits per heavy atom. The molecular formula is C18H15BrFN5O4. The van der Waals surface area contributed by atoms with E-state index in [2.05, 4.69) is 41.2 Å². The predicted molar refractivity (Wildman–Crippen MR) is 106 cm³/mol. The number of ether oxygens (including phenoxy) is 2. The fourth-order valence-corrected chi connectivity index (χ4v) is 2.54. The molecule has 0 saturated carbocycles. The first kappa shape index (κ1) is 20.3. The van der Waals surface area contributed by atoms with Gasteiger partial charge in [0.25, 0.3) is 5.91 Å². The highest BCUT2D eigenvalue weighted by molar-refractivity contribution is 9.10. The third-order valence-electron chi connectivity index (χ3n) is 3.57. The number of carbonyl (C=O) groups excluding carboxylic acids is 1. The highest BCUT2D eigenvalue weighted by Crippen LogP contribution is 2.23. The number of amidine groups is 1. The van der Waals surface area contributed by atoms with Crippen LogP contribution in [-0.4, -0.2) is 35.8 Å². The van der Waals surface area contributed by atoms with Gasteiger partial charge in [0, 0.05) is 0 Å². The van der Waals surface area contributed by atoms with Gasteiger partial charge in [-0.05, 0) is 68.7 Å². The smallest absolute Gasteiger partial charge is 0.263 e. The number of benzene rings is 2. The van der Waals surface area contributed by atoms with E-state index < -0.39 is 11.7 Å². The first-order valence-corrected chi connectivity index (χ1v) is 8.94. The Kier molecular flexibility index (Phi) is 6.39. The Balaban J connectivity index is 1.64. The number of nitrogens with zero attached hydrogens (tertiary/aromatic N) is 3. The largest absolute Gasteiger partial charge is 0.497 e. The van der Waals surface area contributed by atoms with Crippen molar-refractivity contribution < 1.29 is 23.3 Å². The summed E-state index contributed by atoms with van der Waals surface area (Å²) < 4.78 is 28.6. The molecule has 0 unspecified atom stereocenters. The molecule has 29 heavy (non-hydrogen) atoms. The summed E-state index contributed by atoms with van der Waals surface area (Å²) in [5.74, 6) is 0.128. The lowest BCUT2D eigenvalue weighted by molar-refractivity contribution is -0.118. The maximum atomic E-state index is 13.3. The van der Waals surface area contributed by atoms with Crippen LogP contribution >= 0.6 is 15.9 Å². The molecule has 0 aliphatic rings. The molecule has 1 amide bonds. The zero-order valence-corrected chi connectivity index (χ0v) is 16.6. The molecule has 1 heterocycles. The van der Waals surface area contributed by atoms with Crippen LogP contribution in [0, 0.1) is 5.82 Å². The average Bonchev–Trinajstić information content (AvgIpc) is 3.18. The van der Waals surface area contributed by atoms with E-state index >= 15 is 0 Å². The van der Waals surface area contributed by atoms with E-state index in [4.69, 9.17) is 15.2 Å². The van der Waals surface area contributed by atoms with Crippen LogP contribution in [0.1, 0.15) is 5.69 Å². The highest BCUT2D eigenvalue weighted by Gasteiger charge is 2.17. The minimum absolute atomic E-state index is 0.0178. The topological polar surface area (TPSA) is 125 Å². The van der Waals surface area contributed by atoms with Crippen molar-refractivity contribution in [3.8, 4) is 11.5 Å². The van der Waals surface area contributed by atoms with Crippen molar-refractivity contribution in [1.29, 1.82) is 0 Å². The molecule has 1 aromatic heterocycles. The van der Waals surface area contributed by atoms with Crippen molar-refractivity contribution in [2.24, 2.45) is 10.7 Å². The number of anilines is 1. The van der Waals surface area contributed by atoms with E-state index in [-0.39, 0.29) is 28.4 Å². The second kappa shape index (κ2) is 9.15. The van der Waals surface area contributed by atoms with Gasteiger partial charge in [-0.1, -0.05) is 0 Å². The minimum Gasteiger partial charge on any atom is -0.497 e. The van der Waals surface area contributed by atoms with Gasteiger partial charge >= 0.3 is 0 Å². The molecule has 0 bridgehead atoms. The molecule has 9 nitrogen and oxygen atoms in total. The van der Waals surface area contributed by atoms with Crippen LogP contribution in [0.15, 0.2) is 56.6 Å². The molecule has 3 rings (SSSR count). The van der Waals surface area contributed by atoms with Gasteiger partial charge in [-0.25, -0.2) is 14.0 Å². The van der Waals surface area contributed by atoms with Gasteiger partial charge in [-0.2, -0.15) is 0 Å². The van der Waals surface area contributed by atoms with Crippen molar-refractivity contribution in [3.63, 3.8) is 0 Å². The third kappa shape index (κ3) is 5.29. The molecule has 0 radical (unpaired) electrons. The molecule has 0 aliphatic heterocycles. The van der Waals surface area contributed by atoms with Crippen LogP contribution in [0.4, 0.5) is 15.9 Å². The quantitative estimate of drug-likeness (QED) is 0.407. The maximum Gasteiger partial charge on any atom is 0.263 e. The first-order chi connectivity index (χ1) is 14.0. The molecule has 0 spiro atoms. The van der Waals surface area contributed by atoms with Crippen LogP contribution in [0.25, 0.3) is 0 Å². The maximum absolute atomic E-state index is 13.3. The number of aliphatic imine (C=N–C) groups is 1. The average molecular weight is 464 g/mol. The number of methoxy groups -OCH3 is 1. The zero-order chi connectivity index (χ0) is 20.8. The predicted octanol–water partition coefficient (Wildman–Crippen LogP) is 3.03. The number of nitrogens with one attached hydrogen (secondary N) is 1. The second-order valence-electron chi connectivity index (χ2n) is 5.57. The summed E-state index contributed by atoms with van der Waals surface area (Å²) in [5.41, 5.74) is 6.32. The monoisotopic (exact) mass is 463 g/mol. The molecule has 0 atom stereocenters. The van der Waals surface area contributed by atoms with Crippen LogP contribution in [0.3, 0.4) is 0 Å². The van der Waals surface area contributed by atoms with Crippen LogP contribution in [0.2, 0.25) is 0 Å². The Bertz CT molecular complexity index is 1040. The van der Waals surface area contributed by atoms with Crippen molar-refractivity contribution in [2.45, 2.75) is 0 Å². The Hall–Kier alpha value is -3.47. The number of aromatic nitrogens is 2. The summed E-state index contributed by atoms with van der Waals surface area (Å²) in [5, 5.41) is 9.74. The van der Waals surface area contributed by atoms with Crippen LogP contribution in [-0.2, 0) is 4.79 Å². The van der Waals surface area contributed by atoms with E-state index in [1.165, 1.54) is 18.2 Å². The molecule has 0 fully saturated rings. The number of carbonyl (C=O) groups is 1. The summed E-state index contributed by atoms with van der Waals surface area (Å²) in [4.78, 5) is 16.2. The highest BCUT2D eigenvalue weighted by atomic mass is 79.9. The summed E-state index contributed by atoms with van der Waals surface area (Å²) >= 11 is 3.07. The molecule has 3 aromatic rings. The number of nitrogens with two attached hydrogens (primary N) is 1.